The van der Waals surface area contributed by atoms with Crippen molar-refractivity contribution >= 4 is 17.5 Å². The van der Waals surface area contributed by atoms with E-state index >= 15 is 0 Å². The summed E-state index contributed by atoms with van der Waals surface area (Å²) in [6.07, 6.45) is 1.44. The molecule has 6 heteroatoms. The standard InChI is InChI=1S/C11H16N4O2/c1-7(2)15-10(16)6-14-11(17)9-5-8(12)3-4-13-9/h3-5,7H,6H2,1-2H3,(H2,12,13)(H,14,17)(H,15,16). The number of carbonyl (C=O) groups excluding carboxylic acids is 2. The van der Waals surface area contributed by atoms with Crippen LogP contribution in [0.15, 0.2) is 18.3 Å². The Morgan fingerprint density at radius 3 is 2.76 bits per heavy atom. The summed E-state index contributed by atoms with van der Waals surface area (Å²) in [6.45, 7) is 3.62. The van der Waals surface area contributed by atoms with Crippen molar-refractivity contribution in [3.8, 4) is 0 Å². The molecular weight excluding hydrogens is 220 g/mol. The molecule has 0 bridgehead atoms. The summed E-state index contributed by atoms with van der Waals surface area (Å²) in [7, 11) is 0. The summed E-state index contributed by atoms with van der Waals surface area (Å²) in [4.78, 5) is 26.7. The highest BCUT2D eigenvalue weighted by atomic mass is 16.2. The Balaban J connectivity index is 2.48. The predicted molar refractivity (Wildman–Crippen MR) is 64.3 cm³/mol. The number of hydrogen-bond donors (Lipinski definition) is 3. The molecule has 0 spiro atoms. The number of rotatable bonds is 4. The van der Waals surface area contributed by atoms with Crippen LogP contribution < -0.4 is 16.4 Å². The van der Waals surface area contributed by atoms with E-state index in [0.29, 0.717) is 5.69 Å². The van der Waals surface area contributed by atoms with E-state index in [1.165, 1.54) is 12.3 Å². The zero-order valence-corrected chi connectivity index (χ0v) is 9.86. The van der Waals surface area contributed by atoms with Crippen molar-refractivity contribution < 1.29 is 9.59 Å². The predicted octanol–water partition coefficient (Wildman–Crippen LogP) is -0.0818. The van der Waals surface area contributed by atoms with Crippen molar-refractivity contribution in [2.45, 2.75) is 19.9 Å². The second-order valence-corrected chi connectivity index (χ2v) is 3.88. The largest absolute Gasteiger partial charge is 0.399 e. The van der Waals surface area contributed by atoms with Crippen molar-refractivity contribution in [1.82, 2.24) is 15.6 Å². The maximum Gasteiger partial charge on any atom is 0.270 e. The first-order valence-electron chi connectivity index (χ1n) is 5.28. The van der Waals surface area contributed by atoms with Crippen LogP contribution in [0.5, 0.6) is 0 Å². The van der Waals surface area contributed by atoms with E-state index in [2.05, 4.69) is 15.6 Å². The zero-order chi connectivity index (χ0) is 12.8. The van der Waals surface area contributed by atoms with Gasteiger partial charge in [-0.05, 0) is 26.0 Å². The van der Waals surface area contributed by atoms with Crippen molar-refractivity contribution in [3.63, 3.8) is 0 Å². The number of aromatic nitrogens is 1. The number of pyridine rings is 1. The van der Waals surface area contributed by atoms with Crippen molar-refractivity contribution in [1.29, 1.82) is 0 Å². The fourth-order valence-corrected chi connectivity index (χ4v) is 1.20. The number of hydrogen-bond acceptors (Lipinski definition) is 4. The van der Waals surface area contributed by atoms with E-state index in [1.807, 2.05) is 13.8 Å². The fraction of sp³-hybridized carbons (Fsp3) is 0.364. The molecule has 0 saturated heterocycles. The quantitative estimate of drug-likeness (QED) is 0.681. The lowest BCUT2D eigenvalue weighted by molar-refractivity contribution is -0.120. The van der Waals surface area contributed by atoms with Gasteiger partial charge in [-0.15, -0.1) is 0 Å². The number of anilines is 1. The smallest absolute Gasteiger partial charge is 0.270 e. The molecule has 0 aliphatic rings. The van der Waals surface area contributed by atoms with Gasteiger partial charge in [-0.2, -0.15) is 0 Å². The highest BCUT2D eigenvalue weighted by Crippen LogP contribution is 2.02. The van der Waals surface area contributed by atoms with Crippen molar-refractivity contribution in [2.24, 2.45) is 0 Å². The first-order valence-corrected chi connectivity index (χ1v) is 5.28. The fourth-order valence-electron chi connectivity index (χ4n) is 1.20. The van der Waals surface area contributed by atoms with E-state index in [1.54, 1.807) is 6.07 Å². The third-order valence-electron chi connectivity index (χ3n) is 1.88. The van der Waals surface area contributed by atoms with Crippen LogP contribution in [0.3, 0.4) is 0 Å². The Hall–Kier alpha value is -2.11. The topological polar surface area (TPSA) is 97.1 Å². The average molecular weight is 236 g/mol. The lowest BCUT2D eigenvalue weighted by Crippen LogP contribution is -2.40. The summed E-state index contributed by atoms with van der Waals surface area (Å²) < 4.78 is 0. The van der Waals surface area contributed by atoms with Crippen LogP contribution in [0.25, 0.3) is 0 Å². The van der Waals surface area contributed by atoms with Crippen LogP contribution in [-0.2, 0) is 4.79 Å². The maximum atomic E-state index is 11.6. The molecular formula is C11H16N4O2. The normalized spacial score (nSPS) is 10.1. The van der Waals surface area contributed by atoms with Gasteiger partial charge in [0.15, 0.2) is 0 Å². The first-order chi connectivity index (χ1) is 7.99. The van der Waals surface area contributed by atoms with E-state index in [4.69, 9.17) is 5.73 Å². The van der Waals surface area contributed by atoms with Gasteiger partial charge < -0.3 is 16.4 Å². The summed E-state index contributed by atoms with van der Waals surface area (Å²) in [6, 6.07) is 3.09. The molecule has 0 unspecified atom stereocenters. The van der Waals surface area contributed by atoms with E-state index in [-0.39, 0.29) is 24.2 Å². The second kappa shape index (κ2) is 5.83. The molecule has 4 N–H and O–H groups in total. The molecule has 92 valence electrons. The molecule has 0 fully saturated rings. The Bertz CT molecular complexity index is 418. The van der Waals surface area contributed by atoms with Gasteiger partial charge >= 0.3 is 0 Å². The number of carbonyl (C=O) groups is 2. The number of nitrogens with zero attached hydrogens (tertiary/aromatic N) is 1. The van der Waals surface area contributed by atoms with Gasteiger partial charge in [0.25, 0.3) is 5.91 Å². The summed E-state index contributed by atoms with van der Waals surface area (Å²) in [5.74, 6) is -0.659. The van der Waals surface area contributed by atoms with Crippen molar-refractivity contribution in [3.05, 3.63) is 24.0 Å². The minimum atomic E-state index is -0.420. The molecule has 1 rings (SSSR count). The minimum Gasteiger partial charge on any atom is -0.399 e. The molecule has 1 heterocycles. The van der Waals surface area contributed by atoms with Crippen LogP contribution in [0.4, 0.5) is 5.69 Å². The van der Waals surface area contributed by atoms with Crippen molar-refractivity contribution in [2.75, 3.05) is 12.3 Å². The highest BCUT2D eigenvalue weighted by Gasteiger charge is 2.09. The molecule has 0 radical (unpaired) electrons. The van der Waals surface area contributed by atoms with Crippen LogP contribution >= 0.6 is 0 Å². The highest BCUT2D eigenvalue weighted by molar-refractivity contribution is 5.95. The Labute approximate surface area is 99.6 Å². The van der Waals surface area contributed by atoms with E-state index < -0.39 is 5.91 Å². The first kappa shape index (κ1) is 13.0. The second-order valence-electron chi connectivity index (χ2n) is 3.88. The monoisotopic (exact) mass is 236 g/mol. The summed E-state index contributed by atoms with van der Waals surface area (Å²) in [5.41, 5.74) is 6.17. The Morgan fingerprint density at radius 1 is 1.47 bits per heavy atom. The van der Waals surface area contributed by atoms with Gasteiger partial charge in [0, 0.05) is 17.9 Å². The molecule has 0 aromatic carbocycles. The average Bonchev–Trinajstić information content (AvgIpc) is 2.25. The van der Waals surface area contributed by atoms with E-state index in [9.17, 15) is 9.59 Å². The van der Waals surface area contributed by atoms with Crippen LogP contribution in [0.1, 0.15) is 24.3 Å². The SMILES string of the molecule is CC(C)NC(=O)CNC(=O)c1cc(N)ccn1. The molecule has 1 aromatic rings. The molecule has 6 nitrogen and oxygen atoms in total. The van der Waals surface area contributed by atoms with Gasteiger partial charge in [-0.3, -0.25) is 14.6 Å². The van der Waals surface area contributed by atoms with Crippen LogP contribution in [-0.4, -0.2) is 29.4 Å². The van der Waals surface area contributed by atoms with Gasteiger partial charge in [-0.25, -0.2) is 0 Å². The van der Waals surface area contributed by atoms with Gasteiger partial charge in [0.1, 0.15) is 5.69 Å². The number of amides is 2. The third-order valence-corrected chi connectivity index (χ3v) is 1.88. The Morgan fingerprint density at radius 2 is 2.18 bits per heavy atom. The molecule has 1 aromatic heterocycles. The lowest BCUT2D eigenvalue weighted by atomic mass is 10.3. The third kappa shape index (κ3) is 4.50. The summed E-state index contributed by atoms with van der Waals surface area (Å²) >= 11 is 0. The lowest BCUT2D eigenvalue weighted by Gasteiger charge is -2.09. The molecule has 0 aliphatic heterocycles. The van der Waals surface area contributed by atoms with Gasteiger partial charge in [0.05, 0.1) is 6.54 Å². The van der Waals surface area contributed by atoms with Crippen LogP contribution in [0, 0.1) is 0 Å². The van der Waals surface area contributed by atoms with Crippen LogP contribution in [0.2, 0.25) is 0 Å². The number of nitrogens with one attached hydrogen (secondary N) is 2. The van der Waals surface area contributed by atoms with Gasteiger partial charge in [-0.1, -0.05) is 0 Å². The molecule has 0 atom stereocenters. The summed E-state index contributed by atoms with van der Waals surface area (Å²) in [5, 5.41) is 5.12. The molecule has 17 heavy (non-hydrogen) atoms. The molecule has 2 amide bonds. The minimum absolute atomic E-state index is 0.0462. The Kier molecular flexibility index (Phi) is 4.45. The van der Waals surface area contributed by atoms with E-state index in [0.717, 1.165) is 0 Å². The maximum absolute atomic E-state index is 11.6. The molecule has 0 saturated carbocycles. The zero-order valence-electron chi connectivity index (χ0n) is 9.86. The number of nitrogens with two attached hydrogens (primary N) is 1. The molecule has 0 aliphatic carbocycles. The number of nitrogen functional groups attached to an aromatic ring is 1. The van der Waals surface area contributed by atoms with Gasteiger partial charge in [0.2, 0.25) is 5.91 Å².